The summed E-state index contributed by atoms with van der Waals surface area (Å²) in [5.41, 5.74) is 4.52. The third kappa shape index (κ3) is 6.61. The van der Waals surface area contributed by atoms with Gasteiger partial charge in [0.05, 0.1) is 18.4 Å². The second kappa shape index (κ2) is 11.4. The van der Waals surface area contributed by atoms with Crippen LogP contribution in [0.25, 0.3) is 6.08 Å². The molecular formula is C25H26N2O6S2. The highest BCUT2D eigenvalue weighted by molar-refractivity contribution is 8.26. The summed E-state index contributed by atoms with van der Waals surface area (Å²) in [5.74, 6) is -0.849. The van der Waals surface area contributed by atoms with Gasteiger partial charge in [0, 0.05) is 12.2 Å². The van der Waals surface area contributed by atoms with E-state index in [9.17, 15) is 14.4 Å². The van der Waals surface area contributed by atoms with Crippen LogP contribution in [0.2, 0.25) is 0 Å². The van der Waals surface area contributed by atoms with Gasteiger partial charge in [-0.3, -0.25) is 19.3 Å². The van der Waals surface area contributed by atoms with Crippen LogP contribution < -0.4 is 14.8 Å². The monoisotopic (exact) mass is 514 g/mol. The van der Waals surface area contributed by atoms with E-state index in [1.165, 1.54) is 12.0 Å². The largest absolute Gasteiger partial charge is 0.493 e. The van der Waals surface area contributed by atoms with E-state index in [0.717, 1.165) is 34.1 Å². The summed E-state index contributed by atoms with van der Waals surface area (Å²) >= 11 is 6.33. The number of aliphatic carboxylic acids is 1. The number of thiocarbonyl (C=S) groups is 1. The molecule has 0 aromatic heterocycles. The number of nitrogens with zero attached hydrogens (tertiary/aromatic N) is 1. The highest BCUT2D eigenvalue weighted by Crippen LogP contribution is 2.35. The third-order valence-corrected chi connectivity index (χ3v) is 6.59. The summed E-state index contributed by atoms with van der Waals surface area (Å²) in [4.78, 5) is 37.6. The number of methoxy groups -OCH3 is 1. The molecule has 1 aliphatic rings. The summed E-state index contributed by atoms with van der Waals surface area (Å²) in [6.45, 7) is 5.71. The van der Waals surface area contributed by atoms with Crippen molar-refractivity contribution in [3.63, 3.8) is 0 Å². The van der Waals surface area contributed by atoms with Crippen molar-refractivity contribution in [3.05, 3.63) is 57.5 Å². The molecule has 35 heavy (non-hydrogen) atoms. The van der Waals surface area contributed by atoms with Gasteiger partial charge in [0.1, 0.15) is 4.32 Å². The van der Waals surface area contributed by atoms with Gasteiger partial charge in [-0.2, -0.15) is 0 Å². The van der Waals surface area contributed by atoms with Crippen LogP contribution in [0.15, 0.2) is 35.2 Å². The van der Waals surface area contributed by atoms with Gasteiger partial charge in [-0.25, -0.2) is 0 Å². The molecule has 0 atom stereocenters. The molecule has 10 heteroatoms. The molecule has 2 aromatic rings. The molecule has 2 aromatic carbocycles. The van der Waals surface area contributed by atoms with Crippen molar-refractivity contribution in [1.82, 2.24) is 4.90 Å². The predicted octanol–water partition coefficient (Wildman–Crippen LogP) is 4.31. The first kappa shape index (κ1) is 26.2. The van der Waals surface area contributed by atoms with Gasteiger partial charge in [0.25, 0.3) is 11.8 Å². The zero-order chi connectivity index (χ0) is 25.7. The highest BCUT2D eigenvalue weighted by atomic mass is 32.2. The Kier molecular flexibility index (Phi) is 8.52. The number of anilines is 1. The van der Waals surface area contributed by atoms with E-state index in [1.54, 1.807) is 24.3 Å². The minimum Gasteiger partial charge on any atom is -0.493 e. The molecule has 1 heterocycles. The number of aryl methyl sites for hydroxylation is 3. The number of carboxylic acids is 1. The SMILES string of the molecule is COc1cc(/C=C2\SC(=S)N(CCC(=O)O)C2=O)ccc1OCC(=O)Nc1c(C)cc(C)cc1C. The minimum atomic E-state index is -0.999. The first-order chi connectivity index (χ1) is 16.6. The van der Waals surface area contributed by atoms with Crippen molar-refractivity contribution in [2.75, 3.05) is 25.6 Å². The van der Waals surface area contributed by atoms with Gasteiger partial charge in [-0.1, -0.05) is 47.7 Å². The average Bonchev–Trinajstić information content (AvgIpc) is 3.05. The van der Waals surface area contributed by atoms with Crippen molar-refractivity contribution in [1.29, 1.82) is 0 Å². The maximum absolute atomic E-state index is 12.6. The topological polar surface area (TPSA) is 105 Å². The molecule has 8 nitrogen and oxygen atoms in total. The summed E-state index contributed by atoms with van der Waals surface area (Å²) in [5, 5.41) is 11.8. The van der Waals surface area contributed by atoms with Crippen LogP contribution in [0.1, 0.15) is 28.7 Å². The van der Waals surface area contributed by atoms with Crippen molar-refractivity contribution in [2.24, 2.45) is 0 Å². The summed E-state index contributed by atoms with van der Waals surface area (Å²) < 4.78 is 11.4. The van der Waals surface area contributed by atoms with Crippen LogP contribution in [0, 0.1) is 20.8 Å². The first-order valence-electron chi connectivity index (χ1n) is 10.7. The van der Waals surface area contributed by atoms with E-state index in [2.05, 4.69) is 5.32 Å². The zero-order valence-electron chi connectivity index (χ0n) is 19.8. The van der Waals surface area contributed by atoms with Gasteiger partial charge in [-0.05, 0) is 55.7 Å². The van der Waals surface area contributed by atoms with E-state index >= 15 is 0 Å². The molecule has 2 amide bonds. The lowest BCUT2D eigenvalue weighted by Gasteiger charge is -2.14. The molecule has 0 aliphatic carbocycles. The van der Waals surface area contributed by atoms with E-state index in [4.69, 9.17) is 26.8 Å². The Morgan fingerprint density at radius 3 is 2.46 bits per heavy atom. The number of hydrogen-bond acceptors (Lipinski definition) is 7. The molecule has 2 N–H and O–H groups in total. The lowest BCUT2D eigenvalue weighted by molar-refractivity contribution is -0.137. The summed E-state index contributed by atoms with van der Waals surface area (Å²) in [6.07, 6.45) is 1.47. The quantitative estimate of drug-likeness (QED) is 0.377. The van der Waals surface area contributed by atoms with Crippen LogP contribution in [0.3, 0.4) is 0 Å². The van der Waals surface area contributed by atoms with Gasteiger partial charge >= 0.3 is 5.97 Å². The predicted molar refractivity (Wildman–Crippen MR) is 140 cm³/mol. The Morgan fingerprint density at radius 1 is 1.14 bits per heavy atom. The number of ether oxygens (including phenoxy) is 2. The number of amides is 2. The smallest absolute Gasteiger partial charge is 0.305 e. The zero-order valence-corrected chi connectivity index (χ0v) is 21.5. The Bertz CT molecular complexity index is 1200. The van der Waals surface area contributed by atoms with Gasteiger partial charge < -0.3 is 19.9 Å². The van der Waals surface area contributed by atoms with E-state index in [0.29, 0.717) is 26.3 Å². The fraction of sp³-hybridized carbons (Fsp3) is 0.280. The number of benzene rings is 2. The van der Waals surface area contributed by atoms with Gasteiger partial charge in [-0.15, -0.1) is 0 Å². The van der Waals surface area contributed by atoms with Crippen molar-refractivity contribution >= 4 is 57.8 Å². The van der Waals surface area contributed by atoms with Gasteiger partial charge in [0.2, 0.25) is 0 Å². The fourth-order valence-electron chi connectivity index (χ4n) is 3.64. The van der Waals surface area contributed by atoms with Crippen molar-refractivity contribution in [2.45, 2.75) is 27.2 Å². The Hall–Kier alpha value is -3.37. The standard InChI is InChI=1S/C25H26N2O6S2/c1-14-9-15(2)23(16(3)10-14)26-21(28)13-33-18-6-5-17(11-19(18)32-4)12-20-24(31)27(25(34)35-20)8-7-22(29)30/h5-6,9-12H,7-8,13H2,1-4H3,(H,26,28)(H,29,30)/b20-12-. The molecule has 1 saturated heterocycles. The molecule has 3 rings (SSSR count). The summed E-state index contributed by atoms with van der Waals surface area (Å²) in [7, 11) is 1.48. The van der Waals surface area contributed by atoms with Crippen molar-refractivity contribution in [3.8, 4) is 11.5 Å². The Labute approximate surface area is 213 Å². The van der Waals surface area contributed by atoms with E-state index in [1.807, 2.05) is 32.9 Å². The average molecular weight is 515 g/mol. The normalized spacial score (nSPS) is 14.4. The molecule has 0 saturated carbocycles. The first-order valence-corrected chi connectivity index (χ1v) is 12.0. The molecule has 0 unspecified atom stereocenters. The van der Waals surface area contributed by atoms with E-state index < -0.39 is 5.97 Å². The molecule has 184 valence electrons. The van der Waals surface area contributed by atoms with Crippen LogP contribution in [0.4, 0.5) is 5.69 Å². The number of carboxylic acid groups (broad SMARTS) is 1. The third-order valence-electron chi connectivity index (χ3n) is 5.21. The molecule has 0 bridgehead atoms. The number of carbonyl (C=O) groups is 3. The van der Waals surface area contributed by atoms with Crippen molar-refractivity contribution < 1.29 is 29.0 Å². The highest BCUT2D eigenvalue weighted by Gasteiger charge is 2.32. The number of rotatable bonds is 9. The minimum absolute atomic E-state index is 0.0249. The number of hydrogen-bond donors (Lipinski definition) is 2. The molecule has 1 fully saturated rings. The number of thioether (sulfide) groups is 1. The summed E-state index contributed by atoms with van der Waals surface area (Å²) in [6, 6.07) is 9.08. The van der Waals surface area contributed by atoms with Crippen LogP contribution in [-0.4, -0.2) is 52.4 Å². The maximum Gasteiger partial charge on any atom is 0.305 e. The molecule has 1 aliphatic heterocycles. The Morgan fingerprint density at radius 2 is 1.83 bits per heavy atom. The molecule has 0 spiro atoms. The van der Waals surface area contributed by atoms with E-state index in [-0.39, 0.29) is 31.4 Å². The molecule has 0 radical (unpaired) electrons. The van der Waals surface area contributed by atoms with Crippen LogP contribution in [0.5, 0.6) is 11.5 Å². The van der Waals surface area contributed by atoms with Crippen LogP contribution in [-0.2, 0) is 14.4 Å². The second-order valence-electron chi connectivity index (χ2n) is 8.00. The lowest BCUT2D eigenvalue weighted by Crippen LogP contribution is -2.30. The second-order valence-corrected chi connectivity index (χ2v) is 9.67. The van der Waals surface area contributed by atoms with Crippen LogP contribution >= 0.6 is 24.0 Å². The molecular weight excluding hydrogens is 488 g/mol. The lowest BCUT2D eigenvalue weighted by atomic mass is 10.1. The van der Waals surface area contributed by atoms with Gasteiger partial charge in [0.15, 0.2) is 18.1 Å². The fourth-order valence-corrected chi connectivity index (χ4v) is 4.95. The Balaban J connectivity index is 1.68. The number of carbonyl (C=O) groups excluding carboxylic acids is 2. The maximum atomic E-state index is 12.6. The number of nitrogens with one attached hydrogen (secondary N) is 1.